The summed E-state index contributed by atoms with van der Waals surface area (Å²) < 4.78 is 41.4. The molecule has 1 aliphatic carbocycles. The Morgan fingerprint density at radius 1 is 1.14 bits per heavy atom. The van der Waals surface area contributed by atoms with Gasteiger partial charge in [-0.25, -0.2) is 8.42 Å². The van der Waals surface area contributed by atoms with E-state index >= 15 is 0 Å². The fourth-order valence-corrected chi connectivity index (χ4v) is 5.50. The Balaban J connectivity index is 1.59. The Labute approximate surface area is 207 Å². The minimum absolute atomic E-state index is 0.0220. The zero-order valence-corrected chi connectivity index (χ0v) is 20.7. The fourth-order valence-electron chi connectivity index (χ4n) is 4.42. The van der Waals surface area contributed by atoms with Crippen molar-refractivity contribution >= 4 is 21.4 Å². The van der Waals surface area contributed by atoms with Gasteiger partial charge in [0, 0.05) is 12.0 Å². The molecule has 0 saturated heterocycles. The zero-order valence-electron chi connectivity index (χ0n) is 19.9. The second-order valence-electron chi connectivity index (χ2n) is 8.51. The summed E-state index contributed by atoms with van der Waals surface area (Å²) in [6.07, 6.45) is 4.09. The number of ether oxygens (including phenoxy) is 2. The van der Waals surface area contributed by atoms with E-state index in [1.807, 2.05) is 6.92 Å². The van der Waals surface area contributed by atoms with Gasteiger partial charge >= 0.3 is 0 Å². The molecule has 1 saturated carbocycles. The van der Waals surface area contributed by atoms with E-state index in [-0.39, 0.29) is 22.3 Å². The number of rotatable bonds is 8. The number of aromatic nitrogens is 5. The number of nitrogens with zero attached hydrogens (tertiary/aromatic N) is 4. The molecule has 2 aromatic heterocycles. The van der Waals surface area contributed by atoms with Crippen molar-refractivity contribution in [3.8, 4) is 22.9 Å². The molecule has 0 atom stereocenters. The Morgan fingerprint density at radius 3 is 2.69 bits per heavy atom. The van der Waals surface area contributed by atoms with Crippen molar-refractivity contribution in [2.45, 2.75) is 43.4 Å². The lowest BCUT2D eigenvalue weighted by molar-refractivity contribution is 0.341. The predicted molar refractivity (Wildman–Crippen MR) is 133 cm³/mol. The molecule has 0 unspecified atom stereocenters. The Kier molecular flexibility index (Phi) is 6.35. The fraction of sp³-hybridized carbons (Fsp3) is 0.333. The van der Waals surface area contributed by atoms with Gasteiger partial charge in [-0.05, 0) is 50.1 Å². The molecule has 4 aromatic rings. The van der Waals surface area contributed by atoms with Crippen LogP contribution in [0.25, 0.3) is 17.0 Å². The first kappa shape index (κ1) is 23.8. The van der Waals surface area contributed by atoms with E-state index in [2.05, 4.69) is 25.0 Å². The highest BCUT2D eigenvalue weighted by atomic mass is 32.2. The standard InChI is InChI=1S/C24H26N6O5S/c1-3-35-20-12-11-18(36(32,33)29-16-9-6-10-17(13-16)34-2)14-19(20)21-25-24(31)23-27-26-22(30(23)28-21)15-7-4-5-8-15/h6,9-15,29H,3-5,7-8H2,1-2H3,(H,25,28,31). The highest BCUT2D eigenvalue weighted by molar-refractivity contribution is 7.92. The number of hydrogen-bond acceptors (Lipinski definition) is 8. The zero-order chi connectivity index (χ0) is 25.3. The van der Waals surface area contributed by atoms with Gasteiger partial charge in [-0.2, -0.15) is 4.52 Å². The van der Waals surface area contributed by atoms with Crippen molar-refractivity contribution in [2.24, 2.45) is 0 Å². The first-order valence-electron chi connectivity index (χ1n) is 11.7. The number of fused-ring (bicyclic) bond motifs is 1. The summed E-state index contributed by atoms with van der Waals surface area (Å²) in [5.74, 6) is 1.87. The maximum absolute atomic E-state index is 13.2. The molecule has 0 aliphatic heterocycles. The number of benzene rings is 2. The maximum Gasteiger partial charge on any atom is 0.296 e. The highest BCUT2D eigenvalue weighted by Gasteiger charge is 2.25. The van der Waals surface area contributed by atoms with E-state index in [1.54, 1.807) is 30.3 Å². The van der Waals surface area contributed by atoms with E-state index < -0.39 is 15.6 Å². The van der Waals surface area contributed by atoms with Crippen molar-refractivity contribution < 1.29 is 17.9 Å². The number of nitrogens with one attached hydrogen (secondary N) is 2. The molecule has 0 amide bonds. The molecule has 5 rings (SSSR count). The summed E-state index contributed by atoms with van der Waals surface area (Å²) in [6, 6.07) is 11.0. The molecule has 12 heteroatoms. The average Bonchev–Trinajstić information content (AvgIpc) is 3.54. The number of methoxy groups -OCH3 is 1. The van der Waals surface area contributed by atoms with Gasteiger partial charge in [0.25, 0.3) is 15.6 Å². The Morgan fingerprint density at radius 2 is 1.94 bits per heavy atom. The van der Waals surface area contributed by atoms with E-state index in [4.69, 9.17) is 9.47 Å². The number of anilines is 1. The van der Waals surface area contributed by atoms with Crippen molar-refractivity contribution in [3.63, 3.8) is 0 Å². The molecule has 0 bridgehead atoms. The lowest BCUT2D eigenvalue weighted by atomic mass is 10.1. The van der Waals surface area contributed by atoms with Crippen molar-refractivity contribution in [1.82, 2.24) is 24.8 Å². The van der Waals surface area contributed by atoms with Gasteiger partial charge in [-0.3, -0.25) is 9.52 Å². The molecular formula is C24H26N6O5S. The topological polar surface area (TPSA) is 141 Å². The van der Waals surface area contributed by atoms with Gasteiger partial charge in [0.05, 0.1) is 29.9 Å². The van der Waals surface area contributed by atoms with Gasteiger partial charge < -0.3 is 14.5 Å². The van der Waals surface area contributed by atoms with Gasteiger partial charge in [0.15, 0.2) is 11.6 Å². The molecule has 36 heavy (non-hydrogen) atoms. The first-order chi connectivity index (χ1) is 17.4. The number of hydrogen-bond donors (Lipinski definition) is 2. The molecule has 1 aliphatic rings. The predicted octanol–water partition coefficient (Wildman–Crippen LogP) is 3.35. The van der Waals surface area contributed by atoms with E-state index in [0.29, 0.717) is 35.2 Å². The SMILES string of the molecule is CCOc1ccc(S(=O)(=O)Nc2cccc(OC)c2)cc1-c1nn2c(C3CCCC3)nnc2c(=O)[nH]1. The van der Waals surface area contributed by atoms with E-state index in [1.165, 1.54) is 23.8 Å². The van der Waals surface area contributed by atoms with Crippen LogP contribution in [-0.2, 0) is 10.0 Å². The normalized spacial score (nSPS) is 14.3. The summed E-state index contributed by atoms with van der Waals surface area (Å²) in [5.41, 5.74) is 0.308. The van der Waals surface area contributed by atoms with Crippen LogP contribution >= 0.6 is 0 Å². The van der Waals surface area contributed by atoms with Crippen LogP contribution < -0.4 is 19.8 Å². The summed E-state index contributed by atoms with van der Waals surface area (Å²) in [7, 11) is -2.47. The van der Waals surface area contributed by atoms with E-state index in [9.17, 15) is 13.2 Å². The second kappa shape index (κ2) is 9.61. The number of sulfonamides is 1. The molecule has 0 spiro atoms. The van der Waals surface area contributed by atoms with Crippen LogP contribution in [0.15, 0.2) is 52.2 Å². The van der Waals surface area contributed by atoms with Crippen LogP contribution in [0, 0.1) is 0 Å². The molecule has 188 valence electrons. The maximum atomic E-state index is 13.2. The highest BCUT2D eigenvalue weighted by Crippen LogP contribution is 2.34. The largest absolute Gasteiger partial charge is 0.497 e. The summed E-state index contributed by atoms with van der Waals surface area (Å²) in [6.45, 7) is 2.16. The number of aromatic amines is 1. The third-order valence-corrected chi connectivity index (χ3v) is 7.54. The lowest BCUT2D eigenvalue weighted by Crippen LogP contribution is -2.17. The monoisotopic (exact) mass is 510 g/mol. The molecule has 2 aromatic carbocycles. The Bertz CT molecular complexity index is 1570. The van der Waals surface area contributed by atoms with E-state index in [0.717, 1.165) is 25.7 Å². The van der Waals surface area contributed by atoms with Gasteiger partial charge in [0.1, 0.15) is 11.5 Å². The minimum atomic E-state index is -3.98. The summed E-state index contributed by atoms with van der Waals surface area (Å²) >= 11 is 0. The van der Waals surface area contributed by atoms with Gasteiger partial charge in [0.2, 0.25) is 5.65 Å². The second-order valence-corrected chi connectivity index (χ2v) is 10.2. The third-order valence-electron chi connectivity index (χ3n) is 6.16. The molecule has 0 radical (unpaired) electrons. The minimum Gasteiger partial charge on any atom is -0.497 e. The average molecular weight is 511 g/mol. The lowest BCUT2D eigenvalue weighted by Gasteiger charge is -2.14. The molecule has 11 nitrogen and oxygen atoms in total. The van der Waals surface area contributed by atoms with Crippen LogP contribution in [0.3, 0.4) is 0 Å². The molecule has 2 heterocycles. The van der Waals surface area contributed by atoms with Crippen LogP contribution in [0.5, 0.6) is 11.5 Å². The van der Waals surface area contributed by atoms with Crippen LogP contribution in [0.2, 0.25) is 0 Å². The third kappa shape index (κ3) is 4.51. The van der Waals surface area contributed by atoms with Gasteiger partial charge in [-0.15, -0.1) is 15.3 Å². The van der Waals surface area contributed by atoms with Crippen molar-refractivity contribution in [3.05, 3.63) is 58.6 Å². The van der Waals surface area contributed by atoms with Crippen LogP contribution in [0.1, 0.15) is 44.3 Å². The summed E-state index contributed by atoms with van der Waals surface area (Å²) in [4.78, 5) is 15.5. The van der Waals surface area contributed by atoms with Crippen molar-refractivity contribution in [1.29, 1.82) is 0 Å². The molecular weight excluding hydrogens is 484 g/mol. The smallest absolute Gasteiger partial charge is 0.296 e. The van der Waals surface area contributed by atoms with Crippen molar-refractivity contribution in [2.75, 3.05) is 18.4 Å². The van der Waals surface area contributed by atoms with Crippen LogP contribution in [-0.4, -0.2) is 46.9 Å². The first-order valence-corrected chi connectivity index (χ1v) is 13.2. The molecule has 1 fully saturated rings. The van der Waals surface area contributed by atoms with Gasteiger partial charge in [-0.1, -0.05) is 18.9 Å². The summed E-state index contributed by atoms with van der Waals surface area (Å²) in [5, 5.41) is 12.9. The van der Waals surface area contributed by atoms with Crippen LogP contribution in [0.4, 0.5) is 5.69 Å². The Hall–Kier alpha value is -3.93. The molecule has 2 N–H and O–H groups in total. The number of H-pyrrole nitrogens is 1. The quantitative estimate of drug-likeness (QED) is 0.368.